The lowest BCUT2D eigenvalue weighted by molar-refractivity contribution is 1.01. The van der Waals surface area contributed by atoms with Crippen molar-refractivity contribution in [3.8, 4) is 0 Å². The highest BCUT2D eigenvalue weighted by Gasteiger charge is 2.13. The van der Waals surface area contributed by atoms with Crippen LogP contribution < -0.4 is 0 Å². The third-order valence-corrected chi connectivity index (χ3v) is 2.79. The molecule has 1 aliphatic rings. The lowest BCUT2D eigenvalue weighted by Gasteiger charge is -2.19. The first kappa shape index (κ1) is 9.01. The maximum absolute atomic E-state index is 3.85. The zero-order valence-corrected chi connectivity index (χ0v) is 8.29. The summed E-state index contributed by atoms with van der Waals surface area (Å²) in [5, 5.41) is 0. The van der Waals surface area contributed by atoms with E-state index >= 15 is 0 Å². The van der Waals surface area contributed by atoms with Gasteiger partial charge in [-0.05, 0) is 35.1 Å². The van der Waals surface area contributed by atoms with Crippen LogP contribution in [0.3, 0.4) is 0 Å². The van der Waals surface area contributed by atoms with Gasteiger partial charge in [0.05, 0.1) is 0 Å². The predicted molar refractivity (Wildman–Crippen MR) is 61.3 cm³/mol. The van der Waals surface area contributed by atoms with Crippen molar-refractivity contribution in [2.75, 3.05) is 0 Å². The molecule has 0 heteroatoms. The molecule has 0 aliphatic heterocycles. The smallest absolute Gasteiger partial charge is 0.00203 e. The number of allylic oxidation sites excluding steroid dienone is 4. The van der Waals surface area contributed by atoms with Crippen molar-refractivity contribution in [3.63, 3.8) is 0 Å². The molecule has 0 unspecified atom stereocenters. The van der Waals surface area contributed by atoms with Crippen molar-refractivity contribution < 1.29 is 0 Å². The average molecular weight is 182 g/mol. The minimum atomic E-state index is 1.00. The number of fused-ring (bicyclic) bond motifs is 1. The van der Waals surface area contributed by atoms with Crippen LogP contribution in [0.4, 0.5) is 0 Å². The highest BCUT2D eigenvalue weighted by Crippen LogP contribution is 2.26. The minimum absolute atomic E-state index is 1.00. The third-order valence-electron chi connectivity index (χ3n) is 2.79. The second-order valence-electron chi connectivity index (χ2n) is 3.58. The Morgan fingerprint density at radius 1 is 0.857 bits per heavy atom. The van der Waals surface area contributed by atoms with E-state index in [0.717, 1.165) is 12.8 Å². The largest absolute Gasteiger partial charge is 0.0988 e. The van der Waals surface area contributed by atoms with Gasteiger partial charge in [0.15, 0.2) is 0 Å². The molecule has 1 aromatic carbocycles. The first-order valence-corrected chi connectivity index (χ1v) is 4.89. The van der Waals surface area contributed by atoms with Gasteiger partial charge in [-0.15, -0.1) is 0 Å². The summed E-state index contributed by atoms with van der Waals surface area (Å²) < 4.78 is 0. The van der Waals surface area contributed by atoms with Crippen LogP contribution in [-0.4, -0.2) is 0 Å². The van der Waals surface area contributed by atoms with Gasteiger partial charge < -0.3 is 0 Å². The molecule has 1 aliphatic carbocycles. The Hall–Kier alpha value is -1.56. The zero-order chi connectivity index (χ0) is 9.97. The first-order valence-electron chi connectivity index (χ1n) is 4.89. The van der Waals surface area contributed by atoms with Crippen LogP contribution in [-0.2, 0) is 12.8 Å². The van der Waals surface area contributed by atoms with E-state index in [4.69, 9.17) is 0 Å². The Morgan fingerprint density at radius 2 is 1.29 bits per heavy atom. The van der Waals surface area contributed by atoms with Gasteiger partial charge in [0.1, 0.15) is 0 Å². The van der Waals surface area contributed by atoms with E-state index in [1.54, 1.807) is 0 Å². The average Bonchev–Trinajstić information content (AvgIpc) is 2.27. The molecule has 0 bridgehead atoms. The van der Waals surface area contributed by atoms with Crippen LogP contribution >= 0.6 is 0 Å². The van der Waals surface area contributed by atoms with Crippen molar-refractivity contribution in [3.05, 3.63) is 71.8 Å². The summed E-state index contributed by atoms with van der Waals surface area (Å²) >= 11 is 0. The Labute approximate surface area is 85.3 Å². The standard InChI is InChI=1S/C14H14/c1-3-11-9-13-7-5-6-8-14(13)10-12(11)4-2/h3-8H,1-2,9-10H2. The summed E-state index contributed by atoms with van der Waals surface area (Å²) in [4.78, 5) is 0. The fraction of sp³-hybridized carbons (Fsp3) is 0.143. The molecule has 0 heterocycles. The zero-order valence-electron chi connectivity index (χ0n) is 8.29. The molecule has 0 N–H and O–H groups in total. The summed E-state index contributed by atoms with van der Waals surface area (Å²) in [7, 11) is 0. The Morgan fingerprint density at radius 3 is 1.64 bits per heavy atom. The summed E-state index contributed by atoms with van der Waals surface area (Å²) in [6, 6.07) is 8.58. The van der Waals surface area contributed by atoms with E-state index in [9.17, 15) is 0 Å². The molecule has 1 aromatic rings. The fourth-order valence-corrected chi connectivity index (χ4v) is 1.95. The van der Waals surface area contributed by atoms with Crippen LogP contribution in [0.15, 0.2) is 60.7 Å². The Balaban J connectivity index is 2.45. The van der Waals surface area contributed by atoms with E-state index in [0.29, 0.717) is 0 Å². The van der Waals surface area contributed by atoms with Gasteiger partial charge >= 0.3 is 0 Å². The highest BCUT2D eigenvalue weighted by molar-refractivity contribution is 5.46. The van der Waals surface area contributed by atoms with Gasteiger partial charge in [0.25, 0.3) is 0 Å². The number of rotatable bonds is 2. The molecule has 70 valence electrons. The van der Waals surface area contributed by atoms with Crippen LogP contribution in [0.1, 0.15) is 11.1 Å². The molecule has 0 fully saturated rings. The maximum Gasteiger partial charge on any atom is -0.00203 e. The van der Waals surface area contributed by atoms with Crippen LogP contribution in [0.5, 0.6) is 0 Å². The van der Waals surface area contributed by atoms with Crippen molar-refractivity contribution in [2.24, 2.45) is 0 Å². The van der Waals surface area contributed by atoms with E-state index < -0.39 is 0 Å². The summed E-state index contributed by atoms with van der Waals surface area (Å²) in [6.07, 6.45) is 5.90. The van der Waals surface area contributed by atoms with Gasteiger partial charge in [-0.3, -0.25) is 0 Å². The van der Waals surface area contributed by atoms with E-state index in [1.807, 2.05) is 12.2 Å². The molecular weight excluding hydrogens is 168 g/mol. The third kappa shape index (κ3) is 1.44. The number of hydrogen-bond acceptors (Lipinski definition) is 0. The van der Waals surface area contributed by atoms with Gasteiger partial charge in [-0.1, -0.05) is 49.6 Å². The van der Waals surface area contributed by atoms with Crippen molar-refractivity contribution in [1.82, 2.24) is 0 Å². The number of hydrogen-bond donors (Lipinski definition) is 0. The van der Waals surface area contributed by atoms with Crippen LogP contribution in [0, 0.1) is 0 Å². The quantitative estimate of drug-likeness (QED) is 0.657. The molecule has 0 saturated heterocycles. The number of benzene rings is 1. The lowest BCUT2D eigenvalue weighted by Crippen LogP contribution is -2.06. The topological polar surface area (TPSA) is 0 Å². The van der Waals surface area contributed by atoms with Gasteiger partial charge in [-0.25, -0.2) is 0 Å². The van der Waals surface area contributed by atoms with Gasteiger partial charge in [0, 0.05) is 0 Å². The van der Waals surface area contributed by atoms with Crippen molar-refractivity contribution in [2.45, 2.75) is 12.8 Å². The molecule has 0 nitrogen and oxygen atoms in total. The van der Waals surface area contributed by atoms with E-state index in [1.165, 1.54) is 22.3 Å². The van der Waals surface area contributed by atoms with Gasteiger partial charge in [-0.2, -0.15) is 0 Å². The minimum Gasteiger partial charge on any atom is -0.0988 e. The monoisotopic (exact) mass is 182 g/mol. The molecule has 0 atom stereocenters. The summed E-state index contributed by atoms with van der Waals surface area (Å²) in [6.45, 7) is 7.70. The SMILES string of the molecule is C=CC1=C(C=C)Cc2ccccc2C1. The van der Waals surface area contributed by atoms with Crippen molar-refractivity contribution >= 4 is 0 Å². The lowest BCUT2D eigenvalue weighted by atomic mass is 9.86. The first-order chi connectivity index (χ1) is 6.85. The van der Waals surface area contributed by atoms with E-state index in [-0.39, 0.29) is 0 Å². The molecule has 2 rings (SSSR count). The molecule has 0 amide bonds. The van der Waals surface area contributed by atoms with Crippen LogP contribution in [0.25, 0.3) is 0 Å². The maximum atomic E-state index is 3.85. The summed E-state index contributed by atoms with van der Waals surface area (Å²) in [5.74, 6) is 0. The molecular formula is C14H14. The van der Waals surface area contributed by atoms with Gasteiger partial charge in [0.2, 0.25) is 0 Å². The molecule has 0 radical (unpaired) electrons. The summed E-state index contributed by atoms with van der Waals surface area (Å²) in [5.41, 5.74) is 5.48. The molecule has 14 heavy (non-hydrogen) atoms. The normalized spacial score (nSPS) is 14.9. The van der Waals surface area contributed by atoms with Crippen molar-refractivity contribution in [1.29, 1.82) is 0 Å². The fourth-order valence-electron chi connectivity index (χ4n) is 1.95. The molecule has 0 aromatic heterocycles. The second kappa shape index (κ2) is 3.67. The van der Waals surface area contributed by atoms with Crippen LogP contribution in [0.2, 0.25) is 0 Å². The molecule has 0 saturated carbocycles. The predicted octanol–water partition coefficient (Wildman–Crippen LogP) is 3.45. The van der Waals surface area contributed by atoms with E-state index in [2.05, 4.69) is 37.4 Å². The Bertz CT molecular complexity index is 369. The molecule has 0 spiro atoms. The second-order valence-corrected chi connectivity index (χ2v) is 3.58. The highest BCUT2D eigenvalue weighted by atomic mass is 14.2. The Kier molecular flexibility index (Phi) is 2.36.